The Morgan fingerprint density at radius 3 is 2.48 bits per heavy atom. The first-order chi connectivity index (χ1) is 14.1. The van der Waals surface area contributed by atoms with Crippen molar-refractivity contribution in [3.63, 3.8) is 0 Å². The fourth-order valence-corrected chi connectivity index (χ4v) is 3.49. The normalized spacial score (nSPS) is 12.0. The van der Waals surface area contributed by atoms with Crippen LogP contribution in [0.3, 0.4) is 0 Å². The number of benzene rings is 3. The summed E-state index contributed by atoms with van der Waals surface area (Å²) in [4.78, 5) is 14.2. The van der Waals surface area contributed by atoms with Gasteiger partial charge in [0.2, 0.25) is 6.54 Å². The van der Waals surface area contributed by atoms with Gasteiger partial charge >= 0.3 is 0 Å². The zero-order valence-corrected chi connectivity index (χ0v) is 15.5. The van der Waals surface area contributed by atoms with Crippen LogP contribution in [-0.2, 0) is 6.61 Å². The molecule has 0 spiro atoms. The molecule has 0 aliphatic heterocycles. The van der Waals surface area contributed by atoms with E-state index in [-0.39, 0.29) is 29.8 Å². The fraction of sp³-hybridized carbons (Fsp3) is 0.130. The summed E-state index contributed by atoms with van der Waals surface area (Å²) in [7, 11) is 0. The van der Waals surface area contributed by atoms with Crippen LogP contribution in [-0.4, -0.2) is 16.5 Å². The Balaban J connectivity index is 1.57. The Bertz CT molecular complexity index is 1140. The Morgan fingerprint density at radius 1 is 1.00 bits per heavy atom. The predicted octanol–water partition coefficient (Wildman–Crippen LogP) is 5.29. The van der Waals surface area contributed by atoms with E-state index in [1.165, 1.54) is 6.07 Å². The number of para-hydroxylation sites is 1. The highest BCUT2D eigenvalue weighted by Gasteiger charge is 2.23. The maximum atomic E-state index is 13.7. The van der Waals surface area contributed by atoms with Gasteiger partial charge in [-0.1, -0.05) is 48.5 Å². The molecule has 0 saturated carbocycles. The first kappa shape index (κ1) is 18.7. The first-order valence-corrected chi connectivity index (χ1v) is 9.26. The van der Waals surface area contributed by atoms with E-state index in [2.05, 4.69) is 4.98 Å². The summed E-state index contributed by atoms with van der Waals surface area (Å²) in [5.41, 5.74) is 3.13. The van der Waals surface area contributed by atoms with Gasteiger partial charge in [0.1, 0.15) is 18.2 Å². The smallest absolute Gasteiger partial charge is 0.214 e. The molecule has 5 nitrogen and oxygen atoms in total. The number of nitrogens with zero attached hydrogens (tertiary/aromatic N) is 1. The maximum Gasteiger partial charge on any atom is 0.214 e. The second kappa shape index (κ2) is 8.14. The maximum absolute atomic E-state index is 13.7. The van der Waals surface area contributed by atoms with Crippen LogP contribution in [0.15, 0.2) is 79.0 Å². The third-order valence-electron chi connectivity index (χ3n) is 4.96. The number of hydrogen-bond acceptors (Lipinski definition) is 3. The van der Waals surface area contributed by atoms with Gasteiger partial charge in [-0.15, -0.1) is 0 Å². The van der Waals surface area contributed by atoms with Gasteiger partial charge in [-0.2, -0.15) is 0 Å². The molecule has 29 heavy (non-hydrogen) atoms. The van der Waals surface area contributed by atoms with Crippen molar-refractivity contribution in [2.45, 2.75) is 12.5 Å². The van der Waals surface area contributed by atoms with Gasteiger partial charge in [-0.25, -0.2) is 4.39 Å². The van der Waals surface area contributed by atoms with E-state index in [1.54, 1.807) is 30.3 Å². The first-order valence-electron chi connectivity index (χ1n) is 9.26. The van der Waals surface area contributed by atoms with E-state index in [9.17, 15) is 14.5 Å². The standard InChI is InChI=1S/C23H19FN2O3/c24-22-7-3-1-5-17(22)15-29-18-11-9-16(10-12-18)21(14-26(27)28)20-13-25-23-8-4-2-6-19(20)23/h1-13,21,25H,14-15H2/t21-/m0/s1. The van der Waals surface area contributed by atoms with Crippen molar-refractivity contribution in [3.8, 4) is 5.75 Å². The quantitative estimate of drug-likeness (QED) is 0.344. The molecule has 0 bridgehead atoms. The Hall–Kier alpha value is -3.67. The SMILES string of the molecule is O=[N+]([O-])C[C@@H](c1ccc(OCc2ccccc2F)cc1)c1c[nH]c2ccccc12. The molecule has 4 aromatic rings. The fourth-order valence-electron chi connectivity index (χ4n) is 3.49. The molecular weight excluding hydrogens is 371 g/mol. The molecule has 0 aliphatic rings. The highest BCUT2D eigenvalue weighted by Crippen LogP contribution is 2.32. The van der Waals surface area contributed by atoms with Gasteiger partial charge in [-0.05, 0) is 35.4 Å². The zero-order chi connectivity index (χ0) is 20.2. The lowest BCUT2D eigenvalue weighted by molar-refractivity contribution is -0.481. The van der Waals surface area contributed by atoms with Crippen LogP contribution in [0.5, 0.6) is 5.75 Å². The summed E-state index contributed by atoms with van der Waals surface area (Å²) < 4.78 is 19.4. The molecule has 146 valence electrons. The third-order valence-corrected chi connectivity index (χ3v) is 4.96. The second-order valence-electron chi connectivity index (χ2n) is 6.81. The number of ether oxygens (including phenoxy) is 1. The molecule has 4 rings (SSSR count). The Morgan fingerprint density at radius 2 is 1.72 bits per heavy atom. The number of aromatic amines is 1. The summed E-state index contributed by atoms with van der Waals surface area (Å²) in [6.45, 7) is -0.0932. The predicted molar refractivity (Wildman–Crippen MR) is 109 cm³/mol. The van der Waals surface area contributed by atoms with Gasteiger partial charge < -0.3 is 9.72 Å². The van der Waals surface area contributed by atoms with E-state index in [0.717, 1.165) is 22.0 Å². The number of hydrogen-bond donors (Lipinski definition) is 1. The number of halogens is 1. The van der Waals surface area contributed by atoms with Gasteiger partial charge in [0.05, 0.1) is 5.92 Å². The molecule has 0 amide bonds. The van der Waals surface area contributed by atoms with Crippen molar-refractivity contribution < 1.29 is 14.1 Å². The van der Waals surface area contributed by atoms with Gasteiger partial charge in [-0.3, -0.25) is 10.1 Å². The van der Waals surface area contributed by atoms with E-state index in [4.69, 9.17) is 4.74 Å². The van der Waals surface area contributed by atoms with Crippen LogP contribution < -0.4 is 4.74 Å². The lowest BCUT2D eigenvalue weighted by Gasteiger charge is -2.14. The minimum Gasteiger partial charge on any atom is -0.489 e. The van der Waals surface area contributed by atoms with E-state index in [0.29, 0.717) is 11.3 Å². The molecule has 1 heterocycles. The minimum atomic E-state index is -0.387. The van der Waals surface area contributed by atoms with E-state index < -0.39 is 0 Å². The highest BCUT2D eigenvalue weighted by atomic mass is 19.1. The van der Waals surface area contributed by atoms with Crippen molar-refractivity contribution in [2.75, 3.05) is 6.54 Å². The van der Waals surface area contributed by atoms with Crippen molar-refractivity contribution in [1.29, 1.82) is 0 Å². The largest absolute Gasteiger partial charge is 0.489 e. The number of aromatic nitrogens is 1. The van der Waals surface area contributed by atoms with E-state index in [1.807, 2.05) is 42.6 Å². The van der Waals surface area contributed by atoms with Crippen molar-refractivity contribution in [2.24, 2.45) is 0 Å². The van der Waals surface area contributed by atoms with Crippen LogP contribution >= 0.6 is 0 Å². The minimum absolute atomic E-state index is 0.118. The molecule has 1 atom stereocenters. The second-order valence-corrected chi connectivity index (χ2v) is 6.81. The van der Waals surface area contributed by atoms with Crippen molar-refractivity contribution in [3.05, 3.63) is 112 Å². The van der Waals surface area contributed by atoms with Gasteiger partial charge in [0.25, 0.3) is 0 Å². The summed E-state index contributed by atoms with van der Waals surface area (Å²) in [6, 6.07) is 21.4. The molecule has 1 aromatic heterocycles. The summed E-state index contributed by atoms with van der Waals surface area (Å²) >= 11 is 0. The molecular formula is C23H19FN2O3. The van der Waals surface area contributed by atoms with Gasteiger partial charge in [0.15, 0.2) is 0 Å². The van der Waals surface area contributed by atoms with Crippen LogP contribution in [0.4, 0.5) is 4.39 Å². The van der Waals surface area contributed by atoms with Crippen LogP contribution in [0, 0.1) is 15.9 Å². The number of H-pyrrole nitrogens is 1. The summed E-state index contributed by atoms with van der Waals surface area (Å²) in [5, 5.41) is 12.3. The third kappa shape index (κ3) is 4.11. The zero-order valence-electron chi connectivity index (χ0n) is 15.5. The van der Waals surface area contributed by atoms with Crippen LogP contribution in [0.2, 0.25) is 0 Å². The average molecular weight is 390 g/mol. The molecule has 0 unspecified atom stereocenters. The van der Waals surface area contributed by atoms with Crippen molar-refractivity contribution in [1.82, 2.24) is 4.98 Å². The number of rotatable bonds is 7. The molecule has 6 heteroatoms. The summed E-state index contributed by atoms with van der Waals surface area (Å²) in [5.74, 6) is -0.118. The molecule has 0 saturated heterocycles. The average Bonchev–Trinajstić information content (AvgIpc) is 3.16. The lowest BCUT2D eigenvalue weighted by atomic mass is 9.91. The Labute approximate surface area is 166 Å². The summed E-state index contributed by atoms with van der Waals surface area (Å²) in [6.07, 6.45) is 1.83. The van der Waals surface area contributed by atoms with Crippen molar-refractivity contribution >= 4 is 10.9 Å². The topological polar surface area (TPSA) is 68.2 Å². The molecule has 1 N–H and O–H groups in total. The molecule has 3 aromatic carbocycles. The monoisotopic (exact) mass is 390 g/mol. The number of nitrogens with one attached hydrogen (secondary N) is 1. The lowest BCUT2D eigenvalue weighted by Crippen LogP contribution is -2.13. The van der Waals surface area contributed by atoms with Crippen LogP contribution in [0.25, 0.3) is 10.9 Å². The highest BCUT2D eigenvalue weighted by molar-refractivity contribution is 5.84. The number of nitro groups is 1. The van der Waals surface area contributed by atoms with E-state index >= 15 is 0 Å². The Kier molecular flexibility index (Phi) is 5.24. The van der Waals surface area contributed by atoms with Gasteiger partial charge in [0, 0.05) is 27.6 Å². The molecule has 0 fully saturated rings. The molecule has 0 radical (unpaired) electrons. The molecule has 0 aliphatic carbocycles. The van der Waals surface area contributed by atoms with Crippen LogP contribution in [0.1, 0.15) is 22.6 Å². The number of fused-ring (bicyclic) bond motifs is 1.